The highest BCUT2D eigenvalue weighted by Gasteiger charge is 2.29. The van der Waals surface area contributed by atoms with Crippen LogP contribution in [0.1, 0.15) is 50.0 Å². The Kier molecular flexibility index (Phi) is 6.50. The molecule has 1 saturated heterocycles. The van der Waals surface area contributed by atoms with Crippen molar-refractivity contribution in [2.75, 3.05) is 32.7 Å². The molecule has 2 aliphatic rings. The van der Waals surface area contributed by atoms with Gasteiger partial charge in [-0.3, -0.25) is 4.79 Å². The topological polar surface area (TPSA) is 23.6 Å². The highest BCUT2D eigenvalue weighted by atomic mass is 16.1. The first-order valence-corrected chi connectivity index (χ1v) is 9.54. The zero-order chi connectivity index (χ0) is 16.8. The average molecular weight is 324 g/mol. The van der Waals surface area contributed by atoms with Gasteiger partial charge >= 0.3 is 0 Å². The number of nitrogens with zero attached hydrogens (tertiary/aromatic N) is 2. The van der Waals surface area contributed by atoms with Crippen LogP contribution in [-0.4, -0.2) is 56.2 Å². The highest BCUT2D eigenvalue weighted by Crippen LogP contribution is 2.32. The lowest BCUT2D eigenvalue weighted by atomic mass is 9.78. The van der Waals surface area contributed by atoms with E-state index in [1.165, 1.54) is 24.8 Å². The van der Waals surface area contributed by atoms with Gasteiger partial charge in [0, 0.05) is 24.9 Å². The van der Waals surface area contributed by atoms with E-state index in [1.807, 2.05) is 10.9 Å². The molecular weight excluding hydrogens is 295 g/mol. The van der Waals surface area contributed by atoms with Crippen molar-refractivity contribution >= 4 is 13.8 Å². The number of Topliss-reactive ketones (excluding diaryl/α,β-unsaturated/α-hetero) is 1. The number of hydrogen-bond acceptors (Lipinski definition) is 3. The van der Waals surface area contributed by atoms with Crippen molar-refractivity contribution in [1.82, 2.24) is 9.71 Å². The van der Waals surface area contributed by atoms with E-state index in [9.17, 15) is 4.79 Å². The smallest absolute Gasteiger partial charge is 0.182 e. The van der Waals surface area contributed by atoms with Crippen LogP contribution >= 0.6 is 0 Å². The van der Waals surface area contributed by atoms with E-state index in [-0.39, 0.29) is 11.8 Å². The third-order valence-corrected chi connectivity index (χ3v) is 5.69. The molecule has 2 radical (unpaired) electrons. The van der Waals surface area contributed by atoms with Gasteiger partial charge in [-0.1, -0.05) is 49.6 Å². The minimum absolute atomic E-state index is 0.0604. The van der Waals surface area contributed by atoms with Crippen molar-refractivity contribution in [3.05, 3.63) is 35.9 Å². The molecule has 3 rings (SSSR count). The van der Waals surface area contributed by atoms with Crippen molar-refractivity contribution in [2.45, 2.75) is 44.4 Å². The first-order chi connectivity index (χ1) is 11.7. The molecule has 1 aliphatic carbocycles. The van der Waals surface area contributed by atoms with Crippen LogP contribution in [0, 0.1) is 5.92 Å². The average Bonchev–Trinajstić information content (AvgIpc) is 2.65. The largest absolute Gasteiger partial charge is 0.351 e. The van der Waals surface area contributed by atoms with Gasteiger partial charge < -0.3 is 9.71 Å². The quantitative estimate of drug-likeness (QED) is 0.752. The summed E-state index contributed by atoms with van der Waals surface area (Å²) in [6.45, 7) is 4.86. The van der Waals surface area contributed by atoms with Gasteiger partial charge in [-0.25, -0.2) is 0 Å². The number of benzene rings is 1. The van der Waals surface area contributed by atoms with Crippen molar-refractivity contribution < 1.29 is 4.79 Å². The summed E-state index contributed by atoms with van der Waals surface area (Å²) in [5, 5.41) is 0. The molecule has 1 aliphatic heterocycles. The van der Waals surface area contributed by atoms with Crippen LogP contribution in [0.15, 0.2) is 30.3 Å². The molecule has 1 unspecified atom stereocenters. The normalized spacial score (nSPS) is 22.3. The second kappa shape index (κ2) is 8.82. The van der Waals surface area contributed by atoms with E-state index in [0.717, 1.165) is 52.0 Å². The van der Waals surface area contributed by atoms with Crippen LogP contribution in [0.3, 0.4) is 0 Å². The van der Waals surface area contributed by atoms with Gasteiger partial charge in [-0.15, -0.1) is 0 Å². The Morgan fingerprint density at radius 3 is 2.38 bits per heavy atom. The second-order valence-electron chi connectivity index (χ2n) is 7.37. The van der Waals surface area contributed by atoms with Crippen LogP contribution in [-0.2, 0) is 4.79 Å². The summed E-state index contributed by atoms with van der Waals surface area (Å²) in [6.07, 6.45) is 6.85. The van der Waals surface area contributed by atoms with Gasteiger partial charge in [0.1, 0.15) is 5.78 Å². The maximum atomic E-state index is 13.2. The Hall–Kier alpha value is -1.13. The summed E-state index contributed by atoms with van der Waals surface area (Å²) in [6, 6.07) is 10.4. The molecule has 1 atom stereocenters. The molecule has 4 heteroatoms. The molecule has 1 heterocycles. The Labute approximate surface area is 147 Å². The van der Waals surface area contributed by atoms with Crippen LogP contribution in [0.4, 0.5) is 0 Å². The first-order valence-electron chi connectivity index (χ1n) is 9.54. The monoisotopic (exact) mass is 324 g/mol. The number of carbonyl (C=O) groups excluding carboxylic acids is 1. The van der Waals surface area contributed by atoms with Crippen LogP contribution < -0.4 is 0 Å². The lowest BCUT2D eigenvalue weighted by Gasteiger charge is -2.34. The van der Waals surface area contributed by atoms with Gasteiger partial charge in [-0.2, -0.15) is 0 Å². The fourth-order valence-electron chi connectivity index (χ4n) is 4.13. The van der Waals surface area contributed by atoms with E-state index in [0.29, 0.717) is 5.78 Å². The summed E-state index contributed by atoms with van der Waals surface area (Å²) in [7, 11) is 5.84. The minimum Gasteiger partial charge on any atom is -0.351 e. The van der Waals surface area contributed by atoms with Gasteiger partial charge in [0.25, 0.3) is 0 Å². The molecule has 128 valence electrons. The molecule has 0 N–H and O–H groups in total. The van der Waals surface area contributed by atoms with Crippen molar-refractivity contribution in [2.24, 2.45) is 5.92 Å². The summed E-state index contributed by atoms with van der Waals surface area (Å²) in [5.41, 5.74) is 1.20. The number of carbonyl (C=O) groups is 1. The predicted molar refractivity (Wildman–Crippen MR) is 99.1 cm³/mol. The minimum atomic E-state index is 0.0604. The van der Waals surface area contributed by atoms with Crippen molar-refractivity contribution in [1.29, 1.82) is 0 Å². The lowest BCUT2D eigenvalue weighted by molar-refractivity contribution is -0.125. The molecule has 0 bridgehead atoms. The molecule has 24 heavy (non-hydrogen) atoms. The number of hydrogen-bond donors (Lipinski definition) is 0. The molecule has 0 spiro atoms. The third-order valence-electron chi connectivity index (χ3n) is 5.69. The fraction of sp³-hybridized carbons (Fsp3) is 0.650. The lowest BCUT2D eigenvalue weighted by Crippen LogP contribution is -2.45. The van der Waals surface area contributed by atoms with Crippen LogP contribution in [0.5, 0.6) is 0 Å². The van der Waals surface area contributed by atoms with E-state index in [2.05, 4.69) is 29.2 Å². The number of ketones is 1. The Morgan fingerprint density at radius 1 is 1.04 bits per heavy atom. The van der Waals surface area contributed by atoms with Gasteiger partial charge in [0.05, 0.1) is 0 Å². The van der Waals surface area contributed by atoms with Crippen LogP contribution in [0.2, 0.25) is 0 Å². The standard InChI is InChI=1S/C20H29BN2O/c21-23-15-13-22(14-16-23)12-11-19(17-7-3-1-4-8-17)20(24)18-9-5-2-6-10-18/h1,3-4,7-8,18-19H,2,5-6,9-16H2. The molecule has 2 fully saturated rings. The SMILES string of the molecule is [B]N1CCN(CCC(C(=O)C2CCCCC2)c2ccccc2)CC1. The Morgan fingerprint density at radius 2 is 1.71 bits per heavy atom. The Bertz CT molecular complexity index is 508. The fourth-order valence-corrected chi connectivity index (χ4v) is 4.13. The molecular formula is C20H29BN2O. The van der Waals surface area contributed by atoms with Gasteiger partial charge in [0.2, 0.25) is 0 Å². The Balaban J connectivity index is 1.64. The molecule has 0 aromatic heterocycles. The predicted octanol–water partition coefficient (Wildman–Crippen LogP) is 3.01. The van der Waals surface area contributed by atoms with Crippen molar-refractivity contribution in [3.63, 3.8) is 0 Å². The maximum Gasteiger partial charge on any atom is 0.182 e. The van der Waals surface area contributed by atoms with Gasteiger partial charge in [0.15, 0.2) is 7.98 Å². The highest BCUT2D eigenvalue weighted by molar-refractivity contribution is 6.04. The van der Waals surface area contributed by atoms with Crippen molar-refractivity contribution in [3.8, 4) is 0 Å². The van der Waals surface area contributed by atoms with E-state index < -0.39 is 0 Å². The summed E-state index contributed by atoms with van der Waals surface area (Å²) >= 11 is 0. The number of rotatable bonds is 6. The summed E-state index contributed by atoms with van der Waals surface area (Å²) in [5.74, 6) is 0.827. The zero-order valence-corrected chi connectivity index (χ0v) is 14.7. The molecule has 0 amide bonds. The molecule has 3 nitrogen and oxygen atoms in total. The number of piperazine rings is 1. The van der Waals surface area contributed by atoms with E-state index in [1.54, 1.807) is 0 Å². The third kappa shape index (κ3) is 4.70. The van der Waals surface area contributed by atoms with Crippen LogP contribution in [0.25, 0.3) is 0 Å². The summed E-state index contributed by atoms with van der Waals surface area (Å²) in [4.78, 5) is 17.5. The second-order valence-corrected chi connectivity index (χ2v) is 7.37. The molecule has 1 aromatic rings. The maximum absolute atomic E-state index is 13.2. The van der Waals surface area contributed by atoms with E-state index >= 15 is 0 Å². The first kappa shape index (κ1) is 17.7. The molecule has 1 aromatic carbocycles. The van der Waals surface area contributed by atoms with Gasteiger partial charge in [-0.05, 0) is 44.5 Å². The molecule has 1 saturated carbocycles. The van der Waals surface area contributed by atoms with E-state index in [4.69, 9.17) is 7.98 Å². The zero-order valence-electron chi connectivity index (χ0n) is 14.7. The summed E-state index contributed by atoms with van der Waals surface area (Å²) < 4.78 is 0.